The molecule has 2 N–H and O–H groups in total. The van der Waals surface area contributed by atoms with E-state index in [2.05, 4.69) is 14.8 Å². The van der Waals surface area contributed by atoms with Crippen LogP contribution in [-0.4, -0.2) is 75.6 Å². The molecule has 0 spiro atoms. The number of ether oxygens (including phenoxy) is 3. The summed E-state index contributed by atoms with van der Waals surface area (Å²) in [6.07, 6.45) is 0. The predicted molar refractivity (Wildman–Crippen MR) is 95.8 cm³/mol. The van der Waals surface area contributed by atoms with Crippen LogP contribution in [0, 0.1) is 0 Å². The number of aromatic nitrogens is 1. The minimum Gasteiger partial charge on any atom is -0.476 e. The molecule has 136 valence electrons. The van der Waals surface area contributed by atoms with Gasteiger partial charge in [0.2, 0.25) is 5.88 Å². The summed E-state index contributed by atoms with van der Waals surface area (Å²) in [5.74, 6) is 1.08. The number of nitrogens with zero attached hydrogens (tertiary/aromatic N) is 3. The van der Waals surface area contributed by atoms with Crippen molar-refractivity contribution in [1.82, 2.24) is 9.88 Å². The highest BCUT2D eigenvalue weighted by Gasteiger charge is 2.14. The average Bonchev–Trinajstić information content (AvgIpc) is 2.65. The summed E-state index contributed by atoms with van der Waals surface area (Å²) in [5.41, 5.74) is 6.96. The number of nitrogen functional groups attached to an aromatic ring is 1. The summed E-state index contributed by atoms with van der Waals surface area (Å²) in [6.45, 7) is 12.3. The largest absolute Gasteiger partial charge is 0.476 e. The molecule has 0 amide bonds. The molecule has 0 unspecified atom stereocenters. The van der Waals surface area contributed by atoms with Crippen LogP contribution in [0.4, 0.5) is 11.5 Å². The van der Waals surface area contributed by atoms with Crippen molar-refractivity contribution in [3.63, 3.8) is 0 Å². The fraction of sp³-hybridized carbons (Fsp3) is 0.706. The summed E-state index contributed by atoms with van der Waals surface area (Å²) in [7, 11) is 0. The molecular formula is C17H30N4O3. The molecule has 2 fully saturated rings. The smallest absolute Gasteiger partial charge is 0.217 e. The Hall–Kier alpha value is -1.57. The first-order chi connectivity index (χ1) is 11.8. The van der Waals surface area contributed by atoms with Crippen LogP contribution in [0.1, 0.15) is 13.8 Å². The average molecular weight is 338 g/mol. The lowest BCUT2D eigenvalue weighted by molar-refractivity contribution is 0.0320. The van der Waals surface area contributed by atoms with Crippen LogP contribution in [0.2, 0.25) is 0 Å². The Morgan fingerprint density at radius 1 is 1.04 bits per heavy atom. The Balaban J connectivity index is 0.00000100. The van der Waals surface area contributed by atoms with Crippen LogP contribution in [-0.2, 0) is 9.47 Å². The molecule has 0 radical (unpaired) electrons. The van der Waals surface area contributed by atoms with E-state index in [4.69, 9.17) is 19.9 Å². The van der Waals surface area contributed by atoms with Crippen LogP contribution in [0.25, 0.3) is 0 Å². The normalized spacial score (nSPS) is 18.7. The number of rotatable bonds is 5. The van der Waals surface area contributed by atoms with Gasteiger partial charge in [-0.3, -0.25) is 4.90 Å². The molecule has 7 nitrogen and oxygen atoms in total. The Morgan fingerprint density at radius 2 is 1.67 bits per heavy atom. The lowest BCUT2D eigenvalue weighted by Crippen LogP contribution is -2.38. The van der Waals surface area contributed by atoms with Crippen molar-refractivity contribution in [1.29, 1.82) is 0 Å². The number of pyridine rings is 1. The van der Waals surface area contributed by atoms with Crippen molar-refractivity contribution in [2.24, 2.45) is 0 Å². The van der Waals surface area contributed by atoms with Gasteiger partial charge in [0.1, 0.15) is 12.4 Å². The van der Waals surface area contributed by atoms with Crippen molar-refractivity contribution in [3.8, 4) is 5.88 Å². The third-order valence-corrected chi connectivity index (χ3v) is 3.94. The van der Waals surface area contributed by atoms with E-state index in [1.54, 1.807) is 0 Å². The van der Waals surface area contributed by atoms with Crippen molar-refractivity contribution < 1.29 is 14.2 Å². The van der Waals surface area contributed by atoms with Gasteiger partial charge in [0.05, 0.1) is 26.4 Å². The van der Waals surface area contributed by atoms with Gasteiger partial charge in [-0.1, -0.05) is 13.8 Å². The van der Waals surface area contributed by atoms with Gasteiger partial charge >= 0.3 is 0 Å². The maximum atomic E-state index is 5.90. The molecule has 1 aromatic rings. The predicted octanol–water partition coefficient (Wildman–Crippen LogP) is 1.24. The van der Waals surface area contributed by atoms with E-state index < -0.39 is 0 Å². The molecular weight excluding hydrogens is 308 g/mol. The molecule has 3 heterocycles. The number of morpholine rings is 2. The van der Waals surface area contributed by atoms with E-state index in [0.29, 0.717) is 18.3 Å². The zero-order valence-electron chi connectivity index (χ0n) is 14.9. The van der Waals surface area contributed by atoms with E-state index in [1.165, 1.54) is 0 Å². The second kappa shape index (κ2) is 10.3. The van der Waals surface area contributed by atoms with E-state index in [0.717, 1.165) is 64.8 Å². The van der Waals surface area contributed by atoms with Gasteiger partial charge in [-0.25, -0.2) is 0 Å². The molecule has 24 heavy (non-hydrogen) atoms. The highest BCUT2D eigenvalue weighted by atomic mass is 16.5. The highest BCUT2D eigenvalue weighted by molar-refractivity contribution is 5.55. The van der Waals surface area contributed by atoms with Gasteiger partial charge < -0.3 is 24.8 Å². The first-order valence-electron chi connectivity index (χ1n) is 8.84. The SMILES string of the molecule is CC.Nc1cc(N2CCOCC2)cc(OCCN2CCOCC2)n1. The van der Waals surface area contributed by atoms with E-state index in [-0.39, 0.29) is 0 Å². The molecule has 2 aliphatic heterocycles. The summed E-state index contributed by atoms with van der Waals surface area (Å²) < 4.78 is 16.5. The number of nitrogens with two attached hydrogens (primary N) is 1. The number of anilines is 2. The van der Waals surface area contributed by atoms with Crippen LogP contribution in [0.5, 0.6) is 5.88 Å². The second-order valence-corrected chi connectivity index (χ2v) is 5.49. The van der Waals surface area contributed by atoms with Gasteiger partial charge in [0.15, 0.2) is 0 Å². The van der Waals surface area contributed by atoms with E-state index in [9.17, 15) is 0 Å². The van der Waals surface area contributed by atoms with Gasteiger partial charge in [-0.15, -0.1) is 0 Å². The monoisotopic (exact) mass is 338 g/mol. The zero-order valence-corrected chi connectivity index (χ0v) is 14.9. The molecule has 2 saturated heterocycles. The summed E-state index contributed by atoms with van der Waals surface area (Å²) in [4.78, 5) is 8.84. The molecule has 2 aliphatic rings. The highest BCUT2D eigenvalue weighted by Crippen LogP contribution is 2.23. The third kappa shape index (κ3) is 5.81. The van der Waals surface area contributed by atoms with Gasteiger partial charge in [0, 0.05) is 50.5 Å². The molecule has 0 aliphatic carbocycles. The molecule has 0 atom stereocenters. The van der Waals surface area contributed by atoms with Crippen LogP contribution < -0.4 is 15.4 Å². The Kier molecular flexibility index (Phi) is 8.07. The van der Waals surface area contributed by atoms with Crippen molar-refractivity contribution in [2.45, 2.75) is 13.8 Å². The molecule has 0 saturated carbocycles. The van der Waals surface area contributed by atoms with Crippen LogP contribution in [0.15, 0.2) is 12.1 Å². The van der Waals surface area contributed by atoms with Crippen molar-refractivity contribution >= 4 is 11.5 Å². The van der Waals surface area contributed by atoms with Crippen LogP contribution >= 0.6 is 0 Å². The number of hydrogen-bond acceptors (Lipinski definition) is 7. The fourth-order valence-electron chi connectivity index (χ4n) is 2.69. The van der Waals surface area contributed by atoms with Crippen molar-refractivity contribution in [3.05, 3.63) is 12.1 Å². The minimum atomic E-state index is 0.491. The van der Waals surface area contributed by atoms with Gasteiger partial charge in [-0.05, 0) is 0 Å². The molecule has 1 aromatic heterocycles. The Labute approximate surface area is 144 Å². The summed E-state index contributed by atoms with van der Waals surface area (Å²) >= 11 is 0. The Bertz CT molecular complexity index is 475. The Morgan fingerprint density at radius 3 is 2.33 bits per heavy atom. The first-order valence-corrected chi connectivity index (χ1v) is 8.84. The topological polar surface area (TPSA) is 73.1 Å². The van der Waals surface area contributed by atoms with E-state index >= 15 is 0 Å². The third-order valence-electron chi connectivity index (χ3n) is 3.94. The maximum Gasteiger partial charge on any atom is 0.217 e. The zero-order chi connectivity index (χ0) is 17.2. The maximum absolute atomic E-state index is 5.90. The summed E-state index contributed by atoms with van der Waals surface area (Å²) in [5, 5.41) is 0. The van der Waals surface area contributed by atoms with E-state index in [1.807, 2.05) is 26.0 Å². The van der Waals surface area contributed by atoms with Gasteiger partial charge in [-0.2, -0.15) is 4.98 Å². The summed E-state index contributed by atoms with van der Waals surface area (Å²) in [6, 6.07) is 3.85. The molecule has 0 aromatic carbocycles. The molecule has 0 bridgehead atoms. The van der Waals surface area contributed by atoms with Gasteiger partial charge in [0.25, 0.3) is 0 Å². The van der Waals surface area contributed by atoms with Crippen molar-refractivity contribution in [2.75, 3.05) is 76.4 Å². The lowest BCUT2D eigenvalue weighted by atomic mass is 10.3. The van der Waals surface area contributed by atoms with Crippen LogP contribution in [0.3, 0.4) is 0 Å². The quantitative estimate of drug-likeness (QED) is 0.866. The molecule has 7 heteroatoms. The minimum absolute atomic E-state index is 0.491. The first kappa shape index (κ1) is 18.8. The number of hydrogen-bond donors (Lipinski definition) is 1. The second-order valence-electron chi connectivity index (χ2n) is 5.49. The fourth-order valence-corrected chi connectivity index (χ4v) is 2.69. The lowest BCUT2D eigenvalue weighted by Gasteiger charge is -2.29. The standard InChI is InChI=1S/C15H24N4O3.C2H6/c16-14-11-13(19-4-8-21-9-5-19)12-15(17-14)22-10-3-18-1-6-20-7-2-18;1-2/h11-12H,1-10H2,(H2,16,17);1-2H3. The molecule has 3 rings (SSSR count).